The lowest BCUT2D eigenvalue weighted by Gasteiger charge is -2.08. The van der Waals surface area contributed by atoms with Gasteiger partial charge in [0, 0.05) is 5.69 Å². The number of halogens is 1. The predicted molar refractivity (Wildman–Crippen MR) is 82.2 cm³/mol. The number of hydrogen-bond acceptors (Lipinski definition) is 2. The SMILES string of the molecule is CCSc1nc2ccc(C)cc2n1-c1ccc(F)cc1. The van der Waals surface area contributed by atoms with Crippen LogP contribution in [0.5, 0.6) is 0 Å². The molecule has 0 amide bonds. The van der Waals surface area contributed by atoms with Gasteiger partial charge in [-0.2, -0.15) is 0 Å². The molecule has 0 aliphatic heterocycles. The van der Waals surface area contributed by atoms with Crippen molar-refractivity contribution in [2.24, 2.45) is 0 Å². The fourth-order valence-electron chi connectivity index (χ4n) is 2.23. The van der Waals surface area contributed by atoms with Crippen LogP contribution in [0.15, 0.2) is 47.6 Å². The number of rotatable bonds is 3. The van der Waals surface area contributed by atoms with Gasteiger partial charge in [0.05, 0.1) is 11.0 Å². The maximum atomic E-state index is 13.1. The van der Waals surface area contributed by atoms with Crippen LogP contribution in [0.2, 0.25) is 0 Å². The number of aromatic nitrogens is 2. The van der Waals surface area contributed by atoms with Crippen LogP contribution in [0.25, 0.3) is 16.7 Å². The Labute approximate surface area is 121 Å². The molecule has 0 bridgehead atoms. The smallest absolute Gasteiger partial charge is 0.173 e. The van der Waals surface area contributed by atoms with Gasteiger partial charge in [0.15, 0.2) is 5.16 Å². The third-order valence-electron chi connectivity index (χ3n) is 3.14. The van der Waals surface area contributed by atoms with E-state index in [-0.39, 0.29) is 5.82 Å². The van der Waals surface area contributed by atoms with E-state index in [1.54, 1.807) is 23.9 Å². The van der Waals surface area contributed by atoms with E-state index in [1.807, 2.05) is 6.07 Å². The second kappa shape index (κ2) is 5.29. The molecule has 0 fully saturated rings. The number of imidazole rings is 1. The van der Waals surface area contributed by atoms with Crippen molar-refractivity contribution in [3.05, 3.63) is 53.8 Å². The molecule has 1 aromatic heterocycles. The van der Waals surface area contributed by atoms with Gasteiger partial charge in [-0.25, -0.2) is 9.37 Å². The van der Waals surface area contributed by atoms with Crippen molar-refractivity contribution >= 4 is 22.8 Å². The monoisotopic (exact) mass is 286 g/mol. The molecule has 0 atom stereocenters. The third-order valence-corrected chi connectivity index (χ3v) is 3.96. The minimum Gasteiger partial charge on any atom is -0.287 e. The highest BCUT2D eigenvalue weighted by molar-refractivity contribution is 7.99. The van der Waals surface area contributed by atoms with Gasteiger partial charge in [-0.3, -0.25) is 4.57 Å². The van der Waals surface area contributed by atoms with Crippen LogP contribution in [0.4, 0.5) is 4.39 Å². The minimum absolute atomic E-state index is 0.223. The van der Waals surface area contributed by atoms with Gasteiger partial charge < -0.3 is 0 Å². The lowest BCUT2D eigenvalue weighted by Crippen LogP contribution is -1.96. The Kier molecular flexibility index (Phi) is 3.49. The van der Waals surface area contributed by atoms with E-state index in [2.05, 4.69) is 35.5 Å². The van der Waals surface area contributed by atoms with Gasteiger partial charge in [0.2, 0.25) is 0 Å². The van der Waals surface area contributed by atoms with E-state index < -0.39 is 0 Å². The Morgan fingerprint density at radius 1 is 1.15 bits per heavy atom. The maximum absolute atomic E-state index is 13.1. The summed E-state index contributed by atoms with van der Waals surface area (Å²) >= 11 is 1.69. The molecule has 20 heavy (non-hydrogen) atoms. The van der Waals surface area contributed by atoms with Crippen molar-refractivity contribution in [3.63, 3.8) is 0 Å². The Morgan fingerprint density at radius 2 is 1.90 bits per heavy atom. The number of aryl methyl sites for hydroxylation is 1. The fourth-order valence-corrected chi connectivity index (χ4v) is 2.98. The van der Waals surface area contributed by atoms with Gasteiger partial charge in [-0.1, -0.05) is 24.8 Å². The van der Waals surface area contributed by atoms with E-state index in [9.17, 15) is 4.39 Å². The van der Waals surface area contributed by atoms with Gasteiger partial charge in [-0.05, 0) is 54.6 Å². The van der Waals surface area contributed by atoms with Crippen LogP contribution in [0.1, 0.15) is 12.5 Å². The summed E-state index contributed by atoms with van der Waals surface area (Å²) in [6, 6.07) is 12.8. The summed E-state index contributed by atoms with van der Waals surface area (Å²) in [6.07, 6.45) is 0. The van der Waals surface area contributed by atoms with Crippen LogP contribution >= 0.6 is 11.8 Å². The second-order valence-corrected chi connectivity index (χ2v) is 5.86. The lowest BCUT2D eigenvalue weighted by molar-refractivity contribution is 0.627. The zero-order valence-corrected chi connectivity index (χ0v) is 12.2. The highest BCUT2D eigenvalue weighted by Crippen LogP contribution is 2.28. The minimum atomic E-state index is -0.223. The van der Waals surface area contributed by atoms with Crippen molar-refractivity contribution in [2.75, 3.05) is 5.75 Å². The second-order valence-electron chi connectivity index (χ2n) is 4.63. The van der Waals surface area contributed by atoms with Crippen molar-refractivity contribution in [1.29, 1.82) is 0 Å². The van der Waals surface area contributed by atoms with Gasteiger partial charge in [0.25, 0.3) is 0 Å². The molecule has 0 unspecified atom stereocenters. The molecule has 0 aliphatic rings. The first kappa shape index (κ1) is 13.2. The molecular formula is C16H15FN2S. The highest BCUT2D eigenvalue weighted by Gasteiger charge is 2.12. The molecule has 0 spiro atoms. The average Bonchev–Trinajstić information content (AvgIpc) is 2.78. The summed E-state index contributed by atoms with van der Waals surface area (Å²) in [5.41, 5.74) is 4.16. The van der Waals surface area contributed by atoms with Crippen LogP contribution in [0, 0.1) is 12.7 Å². The first-order valence-corrected chi connectivity index (χ1v) is 7.55. The molecule has 0 saturated heterocycles. The molecule has 1 heterocycles. The number of hydrogen-bond donors (Lipinski definition) is 0. The zero-order chi connectivity index (χ0) is 14.1. The topological polar surface area (TPSA) is 17.8 Å². The normalized spacial score (nSPS) is 11.2. The van der Waals surface area contributed by atoms with Crippen molar-refractivity contribution in [3.8, 4) is 5.69 Å². The molecule has 0 saturated carbocycles. The van der Waals surface area contributed by atoms with Crippen LogP contribution in [-0.4, -0.2) is 15.3 Å². The average molecular weight is 286 g/mol. The molecule has 4 heteroatoms. The van der Waals surface area contributed by atoms with Crippen molar-refractivity contribution in [2.45, 2.75) is 19.0 Å². The quantitative estimate of drug-likeness (QED) is 0.656. The van der Waals surface area contributed by atoms with Crippen molar-refractivity contribution in [1.82, 2.24) is 9.55 Å². The van der Waals surface area contributed by atoms with Gasteiger partial charge in [-0.15, -0.1) is 0 Å². The summed E-state index contributed by atoms with van der Waals surface area (Å²) in [6.45, 7) is 4.17. The first-order valence-electron chi connectivity index (χ1n) is 6.57. The Bertz CT molecular complexity index is 747. The third kappa shape index (κ3) is 2.31. The van der Waals surface area contributed by atoms with Crippen LogP contribution < -0.4 is 0 Å². The summed E-state index contributed by atoms with van der Waals surface area (Å²) in [7, 11) is 0. The standard InChI is InChI=1S/C16H15FN2S/c1-3-20-16-18-14-9-4-11(2)10-15(14)19(16)13-7-5-12(17)6-8-13/h4-10H,3H2,1-2H3. The summed E-state index contributed by atoms with van der Waals surface area (Å²) in [4.78, 5) is 4.67. The van der Waals surface area contributed by atoms with Crippen molar-refractivity contribution < 1.29 is 4.39 Å². The fraction of sp³-hybridized carbons (Fsp3) is 0.188. The molecule has 3 rings (SSSR count). The molecule has 0 aliphatic carbocycles. The number of fused-ring (bicyclic) bond motifs is 1. The number of thioether (sulfide) groups is 1. The first-order chi connectivity index (χ1) is 9.69. The Balaban J connectivity index is 2.27. The van der Waals surface area contributed by atoms with E-state index in [1.165, 1.54) is 17.7 Å². The highest BCUT2D eigenvalue weighted by atomic mass is 32.2. The van der Waals surface area contributed by atoms with Gasteiger partial charge in [0.1, 0.15) is 5.82 Å². The molecule has 0 radical (unpaired) electrons. The van der Waals surface area contributed by atoms with E-state index in [0.29, 0.717) is 0 Å². The molecular weight excluding hydrogens is 271 g/mol. The number of nitrogens with zero attached hydrogens (tertiary/aromatic N) is 2. The van der Waals surface area contributed by atoms with E-state index in [4.69, 9.17) is 0 Å². The largest absolute Gasteiger partial charge is 0.287 e. The summed E-state index contributed by atoms with van der Waals surface area (Å²) in [5, 5.41) is 0.944. The van der Waals surface area contributed by atoms with E-state index in [0.717, 1.165) is 27.6 Å². The summed E-state index contributed by atoms with van der Waals surface area (Å²) in [5.74, 6) is 0.725. The molecule has 102 valence electrons. The number of benzene rings is 2. The molecule has 3 aromatic rings. The molecule has 2 aromatic carbocycles. The predicted octanol–water partition coefficient (Wildman–Crippen LogP) is 4.59. The Morgan fingerprint density at radius 3 is 2.60 bits per heavy atom. The zero-order valence-electron chi connectivity index (χ0n) is 11.4. The Hall–Kier alpha value is -1.81. The molecule has 0 N–H and O–H groups in total. The maximum Gasteiger partial charge on any atom is 0.173 e. The van der Waals surface area contributed by atoms with E-state index >= 15 is 0 Å². The lowest BCUT2D eigenvalue weighted by atomic mass is 10.2. The van der Waals surface area contributed by atoms with Crippen LogP contribution in [-0.2, 0) is 0 Å². The molecule has 2 nitrogen and oxygen atoms in total. The summed E-state index contributed by atoms with van der Waals surface area (Å²) < 4.78 is 15.2. The van der Waals surface area contributed by atoms with Crippen LogP contribution in [0.3, 0.4) is 0 Å². The van der Waals surface area contributed by atoms with Gasteiger partial charge >= 0.3 is 0 Å².